The topological polar surface area (TPSA) is 46.5 Å². The van der Waals surface area contributed by atoms with Crippen LogP contribution in [0.25, 0.3) is 0 Å². The highest BCUT2D eigenvalue weighted by molar-refractivity contribution is 5.76. The molecule has 1 N–H and O–H groups in total. The number of carbonyl (C=O) groups excluding carboxylic acids is 1. The van der Waals surface area contributed by atoms with Crippen molar-refractivity contribution in [2.24, 2.45) is 7.05 Å². The van der Waals surface area contributed by atoms with Crippen LogP contribution in [-0.2, 0) is 23.0 Å². The summed E-state index contributed by atoms with van der Waals surface area (Å²) >= 11 is 0. The zero-order valence-electron chi connectivity index (χ0n) is 14.2. The molecule has 0 aliphatic carbocycles. The first kappa shape index (κ1) is 16.5. The van der Waals surface area contributed by atoms with Gasteiger partial charge in [0.15, 0.2) is 0 Å². The van der Waals surface area contributed by atoms with Crippen molar-refractivity contribution in [1.29, 1.82) is 0 Å². The lowest BCUT2D eigenvalue weighted by Crippen LogP contribution is -2.46. The summed E-state index contributed by atoms with van der Waals surface area (Å²) in [5.41, 5.74) is 1.21. The largest absolute Gasteiger partial charge is 0.377 e. The highest BCUT2D eigenvalue weighted by Crippen LogP contribution is 2.17. The highest BCUT2D eigenvalue weighted by atomic mass is 16.5. The third-order valence-electron chi connectivity index (χ3n) is 5.10. The smallest absolute Gasteiger partial charge is 0.220 e. The number of ether oxygens (including phenoxy) is 1. The quantitative estimate of drug-likeness (QED) is 0.868. The van der Waals surface area contributed by atoms with Gasteiger partial charge in [-0.2, -0.15) is 0 Å². The zero-order valence-corrected chi connectivity index (χ0v) is 14.2. The van der Waals surface area contributed by atoms with Crippen LogP contribution in [0.1, 0.15) is 37.8 Å². The van der Waals surface area contributed by atoms with Crippen LogP contribution in [0.4, 0.5) is 0 Å². The summed E-state index contributed by atoms with van der Waals surface area (Å²) in [5, 5.41) is 3.21. The van der Waals surface area contributed by atoms with Gasteiger partial charge in [-0.1, -0.05) is 0 Å². The van der Waals surface area contributed by atoms with Crippen molar-refractivity contribution in [3.05, 3.63) is 24.0 Å². The lowest BCUT2D eigenvalue weighted by Gasteiger charge is -2.33. The number of piperidine rings is 1. The van der Waals surface area contributed by atoms with Crippen molar-refractivity contribution in [3.63, 3.8) is 0 Å². The van der Waals surface area contributed by atoms with E-state index in [4.69, 9.17) is 4.74 Å². The van der Waals surface area contributed by atoms with Gasteiger partial charge in [0.25, 0.3) is 0 Å². The molecule has 2 aliphatic heterocycles. The van der Waals surface area contributed by atoms with E-state index < -0.39 is 0 Å². The Hall–Kier alpha value is -1.33. The summed E-state index contributed by atoms with van der Waals surface area (Å²) in [6, 6.07) is 4.45. The molecule has 0 bridgehead atoms. The van der Waals surface area contributed by atoms with E-state index in [0.717, 1.165) is 45.5 Å². The molecular weight excluding hydrogens is 290 g/mol. The molecule has 5 heteroatoms. The van der Waals surface area contributed by atoms with Crippen LogP contribution < -0.4 is 5.32 Å². The third-order valence-corrected chi connectivity index (χ3v) is 5.10. The molecule has 0 radical (unpaired) electrons. The summed E-state index contributed by atoms with van der Waals surface area (Å²) in [6.07, 6.45) is 8.38. The number of hydrogen-bond acceptors (Lipinski definition) is 3. The summed E-state index contributed by atoms with van der Waals surface area (Å²) < 4.78 is 7.79. The Bertz CT molecular complexity index is 500. The van der Waals surface area contributed by atoms with E-state index in [0.29, 0.717) is 18.6 Å². The highest BCUT2D eigenvalue weighted by Gasteiger charge is 2.24. The molecule has 2 aliphatic rings. The van der Waals surface area contributed by atoms with Crippen molar-refractivity contribution in [1.82, 2.24) is 14.8 Å². The van der Waals surface area contributed by atoms with Gasteiger partial charge >= 0.3 is 0 Å². The van der Waals surface area contributed by atoms with Gasteiger partial charge in [0, 0.05) is 57.6 Å². The molecule has 5 nitrogen and oxygen atoms in total. The van der Waals surface area contributed by atoms with Gasteiger partial charge in [0.1, 0.15) is 0 Å². The number of hydrogen-bond donors (Lipinski definition) is 1. The fourth-order valence-corrected chi connectivity index (χ4v) is 3.63. The van der Waals surface area contributed by atoms with Crippen LogP contribution in [0.5, 0.6) is 0 Å². The number of nitrogens with zero attached hydrogens (tertiary/aromatic N) is 2. The molecule has 0 aromatic carbocycles. The molecule has 1 aromatic heterocycles. The van der Waals surface area contributed by atoms with Crippen molar-refractivity contribution >= 4 is 5.91 Å². The average molecular weight is 319 g/mol. The molecule has 1 amide bonds. The van der Waals surface area contributed by atoms with Crippen LogP contribution in [0, 0.1) is 0 Å². The lowest BCUT2D eigenvalue weighted by molar-refractivity contribution is -0.122. The summed E-state index contributed by atoms with van der Waals surface area (Å²) in [7, 11) is 2.02. The molecule has 0 saturated carbocycles. The molecule has 1 atom stereocenters. The van der Waals surface area contributed by atoms with E-state index in [9.17, 15) is 4.79 Å². The fourth-order valence-electron chi connectivity index (χ4n) is 3.63. The maximum atomic E-state index is 12.1. The van der Waals surface area contributed by atoms with Crippen LogP contribution in [-0.4, -0.2) is 53.8 Å². The Morgan fingerprint density at radius 3 is 2.83 bits per heavy atom. The first-order chi connectivity index (χ1) is 11.2. The maximum Gasteiger partial charge on any atom is 0.220 e. The van der Waals surface area contributed by atoms with E-state index in [1.54, 1.807) is 0 Å². The molecule has 0 unspecified atom stereocenters. The van der Waals surface area contributed by atoms with Crippen LogP contribution in [0.2, 0.25) is 0 Å². The Labute approximate surface area is 139 Å². The monoisotopic (exact) mass is 319 g/mol. The zero-order chi connectivity index (χ0) is 16.1. The molecule has 2 fully saturated rings. The van der Waals surface area contributed by atoms with Crippen LogP contribution >= 0.6 is 0 Å². The first-order valence-corrected chi connectivity index (χ1v) is 8.94. The fraction of sp³-hybridized carbons (Fsp3) is 0.722. The summed E-state index contributed by atoms with van der Waals surface area (Å²) in [6.45, 7) is 4.14. The van der Waals surface area contributed by atoms with E-state index in [1.165, 1.54) is 18.5 Å². The van der Waals surface area contributed by atoms with Gasteiger partial charge in [-0.05, 0) is 44.2 Å². The predicted octanol–water partition coefficient (Wildman–Crippen LogP) is 1.72. The normalized spacial score (nSPS) is 23.3. The van der Waals surface area contributed by atoms with Gasteiger partial charge in [0.2, 0.25) is 5.91 Å². The second-order valence-corrected chi connectivity index (χ2v) is 6.89. The summed E-state index contributed by atoms with van der Waals surface area (Å²) in [4.78, 5) is 14.6. The van der Waals surface area contributed by atoms with E-state index in [-0.39, 0.29) is 5.91 Å². The number of carbonyl (C=O) groups is 1. The van der Waals surface area contributed by atoms with E-state index in [2.05, 4.69) is 20.9 Å². The number of rotatable bonds is 6. The van der Waals surface area contributed by atoms with Crippen molar-refractivity contribution in [2.45, 2.75) is 50.7 Å². The number of likely N-dealkylation sites (tertiary alicyclic amines) is 1. The minimum absolute atomic E-state index is 0.184. The van der Waals surface area contributed by atoms with E-state index >= 15 is 0 Å². The number of aromatic nitrogens is 1. The second-order valence-electron chi connectivity index (χ2n) is 6.89. The standard InChI is InChI=1S/C18H29N3O2/c1-20-10-2-4-16(20)6-7-18(22)19-15-8-11-21(12-9-15)14-17-5-3-13-23-17/h2,4,10,15,17H,3,5-9,11-14H2,1H3,(H,19,22)/t17-/m0/s1. The number of aryl methyl sites for hydroxylation is 2. The van der Waals surface area contributed by atoms with Crippen molar-refractivity contribution < 1.29 is 9.53 Å². The summed E-state index contributed by atoms with van der Waals surface area (Å²) in [5.74, 6) is 0.184. The second kappa shape index (κ2) is 7.97. The molecule has 1 aromatic rings. The van der Waals surface area contributed by atoms with Gasteiger partial charge in [-0.15, -0.1) is 0 Å². The molecule has 3 rings (SSSR count). The molecule has 3 heterocycles. The number of nitrogens with one attached hydrogen (secondary N) is 1. The van der Waals surface area contributed by atoms with Gasteiger partial charge in [-0.25, -0.2) is 0 Å². The Morgan fingerprint density at radius 1 is 1.35 bits per heavy atom. The Morgan fingerprint density at radius 2 is 2.17 bits per heavy atom. The lowest BCUT2D eigenvalue weighted by atomic mass is 10.0. The maximum absolute atomic E-state index is 12.1. The van der Waals surface area contributed by atoms with Crippen molar-refractivity contribution in [3.8, 4) is 0 Å². The van der Waals surface area contributed by atoms with Gasteiger partial charge < -0.3 is 19.5 Å². The van der Waals surface area contributed by atoms with Gasteiger partial charge in [0.05, 0.1) is 6.10 Å². The first-order valence-electron chi connectivity index (χ1n) is 8.94. The molecule has 2 saturated heterocycles. The van der Waals surface area contributed by atoms with E-state index in [1.807, 2.05) is 19.3 Å². The molecule has 0 spiro atoms. The third kappa shape index (κ3) is 4.82. The SMILES string of the molecule is Cn1cccc1CCC(=O)NC1CCN(C[C@@H]2CCCO2)CC1. The Balaban J connectivity index is 1.33. The Kier molecular flexibility index (Phi) is 5.73. The average Bonchev–Trinajstić information content (AvgIpc) is 3.19. The van der Waals surface area contributed by atoms with Crippen molar-refractivity contribution in [2.75, 3.05) is 26.2 Å². The minimum atomic E-state index is 0.184. The number of amides is 1. The molecule has 128 valence electrons. The molecular formula is C18H29N3O2. The van der Waals surface area contributed by atoms with Crippen LogP contribution in [0.3, 0.4) is 0 Å². The minimum Gasteiger partial charge on any atom is -0.377 e. The van der Waals surface area contributed by atoms with Gasteiger partial charge in [-0.3, -0.25) is 4.79 Å². The predicted molar refractivity (Wildman–Crippen MR) is 90.3 cm³/mol. The molecule has 23 heavy (non-hydrogen) atoms. The van der Waals surface area contributed by atoms with Crippen LogP contribution in [0.15, 0.2) is 18.3 Å².